The van der Waals surface area contributed by atoms with E-state index in [9.17, 15) is 14.4 Å². The molecule has 1 aliphatic rings. The molecular weight excluding hydrogens is 342 g/mol. The van der Waals surface area contributed by atoms with Gasteiger partial charge in [0, 0.05) is 19.8 Å². The third kappa shape index (κ3) is 3.74. The van der Waals surface area contributed by atoms with Gasteiger partial charge < -0.3 is 4.90 Å². The zero-order chi connectivity index (χ0) is 19.6. The van der Waals surface area contributed by atoms with Gasteiger partial charge in [0.15, 0.2) is 0 Å². The number of aryl methyl sites for hydroxylation is 1. The standard InChI is InChI=1S/C21H21N3O3/c1-4-14-5-11-17(12-6-14)24-20(26)18(19(25)22-21(24)27)13-15-7-9-16(10-8-15)23(2)3/h5-13H,4H2,1-3H3,(H,22,25,27)/b18-13+. The maximum Gasteiger partial charge on any atom is 0.335 e. The fraction of sp³-hybridized carbons (Fsp3) is 0.190. The molecule has 0 unspecified atom stereocenters. The van der Waals surface area contributed by atoms with Crippen LogP contribution in [0.25, 0.3) is 6.08 Å². The fourth-order valence-corrected chi connectivity index (χ4v) is 2.81. The van der Waals surface area contributed by atoms with Crippen LogP contribution in [0, 0.1) is 0 Å². The highest BCUT2D eigenvalue weighted by atomic mass is 16.2. The van der Waals surface area contributed by atoms with Crippen molar-refractivity contribution in [2.75, 3.05) is 23.9 Å². The lowest BCUT2D eigenvalue weighted by Crippen LogP contribution is -2.54. The zero-order valence-corrected chi connectivity index (χ0v) is 15.5. The summed E-state index contributed by atoms with van der Waals surface area (Å²) in [7, 11) is 3.86. The van der Waals surface area contributed by atoms with Crippen LogP contribution in [0.2, 0.25) is 0 Å². The second-order valence-corrected chi connectivity index (χ2v) is 6.46. The van der Waals surface area contributed by atoms with Crippen LogP contribution in [-0.2, 0) is 16.0 Å². The number of rotatable bonds is 4. The summed E-state index contributed by atoms with van der Waals surface area (Å²) >= 11 is 0. The Morgan fingerprint density at radius 3 is 2.15 bits per heavy atom. The monoisotopic (exact) mass is 363 g/mol. The molecule has 1 fully saturated rings. The third-order valence-corrected chi connectivity index (χ3v) is 4.42. The topological polar surface area (TPSA) is 69.7 Å². The summed E-state index contributed by atoms with van der Waals surface area (Å²) in [5.41, 5.74) is 3.15. The van der Waals surface area contributed by atoms with Crippen LogP contribution in [0.5, 0.6) is 0 Å². The number of benzene rings is 2. The molecule has 0 radical (unpaired) electrons. The van der Waals surface area contributed by atoms with Gasteiger partial charge in [0.1, 0.15) is 5.57 Å². The van der Waals surface area contributed by atoms with Crippen molar-refractivity contribution < 1.29 is 14.4 Å². The van der Waals surface area contributed by atoms with Gasteiger partial charge in [-0.3, -0.25) is 14.9 Å². The van der Waals surface area contributed by atoms with Gasteiger partial charge in [-0.2, -0.15) is 0 Å². The number of nitrogens with one attached hydrogen (secondary N) is 1. The van der Waals surface area contributed by atoms with Gasteiger partial charge in [-0.1, -0.05) is 31.2 Å². The minimum absolute atomic E-state index is 0.0771. The van der Waals surface area contributed by atoms with Gasteiger partial charge in [0.25, 0.3) is 11.8 Å². The minimum atomic E-state index is -0.741. The molecule has 1 heterocycles. The molecule has 0 saturated carbocycles. The minimum Gasteiger partial charge on any atom is -0.378 e. The summed E-state index contributed by atoms with van der Waals surface area (Å²) < 4.78 is 0. The molecule has 0 spiro atoms. The van der Waals surface area contributed by atoms with Crippen molar-refractivity contribution in [1.29, 1.82) is 0 Å². The molecule has 0 atom stereocenters. The van der Waals surface area contributed by atoms with E-state index in [1.54, 1.807) is 12.1 Å². The lowest BCUT2D eigenvalue weighted by molar-refractivity contribution is -0.122. The quantitative estimate of drug-likeness (QED) is 0.670. The summed E-state index contributed by atoms with van der Waals surface area (Å²) in [5, 5.41) is 2.24. The second kappa shape index (κ2) is 7.45. The summed E-state index contributed by atoms with van der Waals surface area (Å²) in [6.45, 7) is 2.02. The van der Waals surface area contributed by atoms with E-state index in [1.165, 1.54) is 6.08 Å². The fourth-order valence-electron chi connectivity index (χ4n) is 2.81. The Kier molecular flexibility index (Phi) is 5.07. The molecule has 1 N–H and O–H groups in total. The van der Waals surface area contributed by atoms with Crippen molar-refractivity contribution in [3.05, 3.63) is 65.2 Å². The number of carbonyl (C=O) groups is 3. The average Bonchev–Trinajstić information content (AvgIpc) is 2.66. The van der Waals surface area contributed by atoms with Crippen molar-refractivity contribution in [2.24, 2.45) is 0 Å². The summed E-state index contributed by atoms with van der Waals surface area (Å²) in [6, 6.07) is 13.8. The van der Waals surface area contributed by atoms with E-state index in [4.69, 9.17) is 0 Å². The molecule has 0 aliphatic carbocycles. The first-order valence-corrected chi connectivity index (χ1v) is 8.68. The Morgan fingerprint density at radius 1 is 0.963 bits per heavy atom. The van der Waals surface area contributed by atoms with Crippen molar-refractivity contribution in [2.45, 2.75) is 13.3 Å². The van der Waals surface area contributed by atoms with Crippen molar-refractivity contribution in [3.63, 3.8) is 0 Å². The van der Waals surface area contributed by atoms with Crippen LogP contribution < -0.4 is 15.1 Å². The predicted octanol–water partition coefficient (Wildman–Crippen LogP) is 2.98. The highest BCUT2D eigenvalue weighted by Gasteiger charge is 2.36. The van der Waals surface area contributed by atoms with E-state index in [1.807, 2.05) is 62.3 Å². The molecule has 3 rings (SSSR count). The first-order chi connectivity index (χ1) is 12.9. The average molecular weight is 363 g/mol. The molecule has 0 aromatic heterocycles. The Bertz CT molecular complexity index is 913. The SMILES string of the molecule is CCc1ccc(N2C(=O)NC(=O)/C(=C\c3ccc(N(C)C)cc3)C2=O)cc1. The highest BCUT2D eigenvalue weighted by molar-refractivity contribution is 6.39. The molecule has 6 nitrogen and oxygen atoms in total. The zero-order valence-electron chi connectivity index (χ0n) is 15.5. The van der Waals surface area contributed by atoms with E-state index in [-0.39, 0.29) is 5.57 Å². The second-order valence-electron chi connectivity index (χ2n) is 6.46. The third-order valence-electron chi connectivity index (χ3n) is 4.42. The molecule has 4 amide bonds. The molecule has 0 bridgehead atoms. The number of hydrogen-bond donors (Lipinski definition) is 1. The van der Waals surface area contributed by atoms with Gasteiger partial charge in [-0.15, -0.1) is 0 Å². The van der Waals surface area contributed by atoms with Gasteiger partial charge >= 0.3 is 6.03 Å². The number of nitrogens with zero attached hydrogens (tertiary/aromatic N) is 2. The first kappa shape index (κ1) is 18.4. The van der Waals surface area contributed by atoms with E-state index in [2.05, 4.69) is 5.32 Å². The van der Waals surface area contributed by atoms with Gasteiger partial charge in [0.2, 0.25) is 0 Å². The molecule has 2 aromatic rings. The highest BCUT2D eigenvalue weighted by Crippen LogP contribution is 2.23. The molecule has 1 saturated heterocycles. The van der Waals surface area contributed by atoms with E-state index >= 15 is 0 Å². The number of amides is 4. The first-order valence-electron chi connectivity index (χ1n) is 8.68. The molecule has 2 aromatic carbocycles. The van der Waals surface area contributed by atoms with Crippen molar-refractivity contribution in [1.82, 2.24) is 5.32 Å². The number of hydrogen-bond acceptors (Lipinski definition) is 4. The molecular formula is C21H21N3O3. The number of urea groups is 1. The molecule has 1 aliphatic heterocycles. The number of imide groups is 2. The van der Waals surface area contributed by atoms with Crippen molar-refractivity contribution in [3.8, 4) is 0 Å². The maximum absolute atomic E-state index is 12.8. The van der Waals surface area contributed by atoms with Crippen molar-refractivity contribution >= 4 is 35.3 Å². The van der Waals surface area contributed by atoms with E-state index in [0.717, 1.165) is 22.6 Å². The molecule has 27 heavy (non-hydrogen) atoms. The van der Waals surface area contributed by atoms with Crippen LogP contribution in [0.4, 0.5) is 16.2 Å². The van der Waals surface area contributed by atoms with Crippen LogP contribution in [-0.4, -0.2) is 31.9 Å². The van der Waals surface area contributed by atoms with Crippen LogP contribution in [0.15, 0.2) is 54.1 Å². The van der Waals surface area contributed by atoms with Crippen LogP contribution >= 0.6 is 0 Å². The summed E-state index contributed by atoms with van der Waals surface area (Å²) in [6.07, 6.45) is 2.35. The maximum atomic E-state index is 12.8. The number of carbonyl (C=O) groups excluding carboxylic acids is 3. The Balaban J connectivity index is 1.93. The lowest BCUT2D eigenvalue weighted by Gasteiger charge is -2.26. The van der Waals surface area contributed by atoms with Crippen LogP contribution in [0.1, 0.15) is 18.1 Å². The number of barbiturate groups is 1. The largest absolute Gasteiger partial charge is 0.378 e. The normalized spacial score (nSPS) is 15.9. The summed E-state index contributed by atoms with van der Waals surface area (Å²) in [4.78, 5) is 40.2. The van der Waals surface area contributed by atoms with Gasteiger partial charge in [0.05, 0.1) is 5.69 Å². The van der Waals surface area contributed by atoms with Crippen LogP contribution in [0.3, 0.4) is 0 Å². The van der Waals surface area contributed by atoms with E-state index in [0.29, 0.717) is 11.3 Å². The predicted molar refractivity (Wildman–Crippen MR) is 106 cm³/mol. The van der Waals surface area contributed by atoms with Gasteiger partial charge in [-0.25, -0.2) is 9.69 Å². The summed E-state index contributed by atoms with van der Waals surface area (Å²) in [5.74, 6) is -1.33. The molecule has 6 heteroatoms. The number of anilines is 2. The van der Waals surface area contributed by atoms with E-state index < -0.39 is 17.8 Å². The van der Waals surface area contributed by atoms with Gasteiger partial charge in [-0.05, 0) is 47.9 Å². The Hall–Kier alpha value is -3.41. The smallest absolute Gasteiger partial charge is 0.335 e. The molecule has 138 valence electrons. The Labute approximate surface area is 158 Å². The Morgan fingerprint density at radius 2 is 1.59 bits per heavy atom. The lowest BCUT2D eigenvalue weighted by atomic mass is 10.1.